The Kier molecular flexibility index (Phi) is 5.93. The zero-order valence-corrected chi connectivity index (χ0v) is 16.1. The molecular weight excluding hydrogens is 399 g/mol. The maximum absolute atomic E-state index is 13.7. The average Bonchev–Trinajstić information content (AvgIpc) is 2.68. The smallest absolute Gasteiger partial charge is 0.246 e. The first-order chi connectivity index (χ1) is 12.6. The van der Waals surface area contributed by atoms with E-state index in [9.17, 15) is 9.18 Å². The monoisotopic (exact) mass is 418 g/mol. The van der Waals surface area contributed by atoms with E-state index in [2.05, 4.69) is 20.8 Å². The van der Waals surface area contributed by atoms with Crippen LogP contribution in [0.2, 0.25) is 0 Å². The van der Waals surface area contributed by atoms with E-state index < -0.39 is 0 Å². The lowest BCUT2D eigenvalue weighted by Crippen LogP contribution is -2.48. The molecule has 1 fully saturated rings. The van der Waals surface area contributed by atoms with Crippen molar-refractivity contribution in [3.05, 3.63) is 64.4 Å². The molecule has 0 saturated carbocycles. The van der Waals surface area contributed by atoms with Crippen LogP contribution in [0.5, 0.6) is 5.75 Å². The molecule has 0 bridgehead atoms. The Balaban J connectivity index is 1.59. The van der Waals surface area contributed by atoms with Crippen molar-refractivity contribution in [1.29, 1.82) is 0 Å². The second kappa shape index (κ2) is 8.36. The van der Waals surface area contributed by atoms with Crippen LogP contribution >= 0.6 is 15.9 Å². The van der Waals surface area contributed by atoms with Crippen LogP contribution in [0, 0.1) is 5.82 Å². The van der Waals surface area contributed by atoms with Gasteiger partial charge in [0.2, 0.25) is 5.91 Å². The first-order valence-electron chi connectivity index (χ1n) is 8.38. The molecule has 2 aromatic carbocycles. The van der Waals surface area contributed by atoms with Gasteiger partial charge in [-0.05, 0) is 36.4 Å². The molecule has 2 aromatic rings. The Labute approximate surface area is 161 Å². The highest BCUT2D eigenvalue weighted by Gasteiger charge is 2.20. The lowest BCUT2D eigenvalue weighted by atomic mass is 10.2. The summed E-state index contributed by atoms with van der Waals surface area (Å²) in [6, 6.07) is 12.6. The molecule has 1 heterocycles. The number of benzene rings is 2. The predicted octanol–water partition coefficient (Wildman–Crippen LogP) is 3.96. The van der Waals surface area contributed by atoms with Crippen molar-refractivity contribution < 1.29 is 13.9 Å². The highest BCUT2D eigenvalue weighted by molar-refractivity contribution is 9.10. The summed E-state index contributed by atoms with van der Waals surface area (Å²) in [7, 11) is 1.65. The highest BCUT2D eigenvalue weighted by Crippen LogP contribution is 2.22. The minimum absolute atomic E-state index is 0.102. The molecule has 0 spiro atoms. The number of halogens is 2. The maximum Gasteiger partial charge on any atom is 0.246 e. The average molecular weight is 419 g/mol. The standard InChI is InChI=1S/C20H20BrFN2O2/c1-26-18-4-2-3-17(14-18)23-9-11-24(12-10-23)20(25)8-5-15-13-16(21)6-7-19(15)22/h2-8,13-14H,9-12H2,1H3. The fraction of sp³-hybridized carbons (Fsp3) is 0.250. The lowest BCUT2D eigenvalue weighted by molar-refractivity contribution is -0.126. The van der Waals surface area contributed by atoms with Gasteiger partial charge in [0.05, 0.1) is 7.11 Å². The van der Waals surface area contributed by atoms with Gasteiger partial charge in [0.15, 0.2) is 0 Å². The molecule has 0 aliphatic carbocycles. The SMILES string of the molecule is COc1cccc(N2CCN(C(=O)C=Cc3cc(Br)ccc3F)CC2)c1. The van der Waals surface area contributed by atoms with Gasteiger partial charge in [0, 0.05) is 54.0 Å². The molecule has 0 atom stereocenters. The summed E-state index contributed by atoms with van der Waals surface area (Å²) in [5.41, 5.74) is 1.48. The maximum atomic E-state index is 13.7. The van der Waals surface area contributed by atoms with Crippen molar-refractivity contribution in [1.82, 2.24) is 4.90 Å². The zero-order chi connectivity index (χ0) is 18.5. The Bertz CT molecular complexity index is 817. The molecule has 6 heteroatoms. The summed E-state index contributed by atoms with van der Waals surface area (Å²) in [5.74, 6) is 0.370. The molecule has 0 N–H and O–H groups in total. The predicted molar refractivity (Wildman–Crippen MR) is 105 cm³/mol. The van der Waals surface area contributed by atoms with Crippen molar-refractivity contribution in [2.45, 2.75) is 0 Å². The van der Waals surface area contributed by atoms with Crippen molar-refractivity contribution in [2.24, 2.45) is 0 Å². The van der Waals surface area contributed by atoms with E-state index in [1.165, 1.54) is 18.2 Å². The topological polar surface area (TPSA) is 32.8 Å². The third-order valence-corrected chi connectivity index (χ3v) is 4.87. The van der Waals surface area contributed by atoms with Crippen LogP contribution in [0.3, 0.4) is 0 Å². The third kappa shape index (κ3) is 4.43. The van der Waals surface area contributed by atoms with Gasteiger partial charge in [-0.25, -0.2) is 4.39 Å². The van der Waals surface area contributed by atoms with Crippen molar-refractivity contribution >= 4 is 33.6 Å². The Hall–Kier alpha value is -2.34. The molecule has 0 radical (unpaired) electrons. The summed E-state index contributed by atoms with van der Waals surface area (Å²) in [6.07, 6.45) is 2.96. The first kappa shape index (κ1) is 18.5. The molecule has 3 rings (SSSR count). The van der Waals surface area contributed by atoms with Gasteiger partial charge < -0.3 is 14.5 Å². The summed E-state index contributed by atoms with van der Waals surface area (Å²) >= 11 is 3.31. The molecule has 136 valence electrons. The van der Waals surface area contributed by atoms with Crippen molar-refractivity contribution in [3.8, 4) is 5.75 Å². The first-order valence-corrected chi connectivity index (χ1v) is 9.17. The minimum atomic E-state index is -0.347. The van der Waals surface area contributed by atoms with E-state index in [0.717, 1.165) is 29.0 Å². The number of ether oxygens (including phenoxy) is 1. The summed E-state index contributed by atoms with van der Waals surface area (Å²) < 4.78 is 19.8. The van der Waals surface area contributed by atoms with E-state index in [1.54, 1.807) is 24.1 Å². The van der Waals surface area contributed by atoms with E-state index in [4.69, 9.17) is 4.74 Å². The van der Waals surface area contributed by atoms with E-state index in [-0.39, 0.29) is 11.7 Å². The molecule has 0 unspecified atom stereocenters. The van der Waals surface area contributed by atoms with Gasteiger partial charge in [-0.2, -0.15) is 0 Å². The number of carbonyl (C=O) groups is 1. The molecule has 4 nitrogen and oxygen atoms in total. The van der Waals surface area contributed by atoms with Gasteiger partial charge >= 0.3 is 0 Å². The summed E-state index contributed by atoms with van der Waals surface area (Å²) in [4.78, 5) is 16.4. The van der Waals surface area contributed by atoms with E-state index >= 15 is 0 Å². The second-order valence-electron chi connectivity index (χ2n) is 6.01. The number of piperazine rings is 1. The summed E-state index contributed by atoms with van der Waals surface area (Å²) in [5, 5.41) is 0. The van der Waals surface area contributed by atoms with Crippen molar-refractivity contribution in [2.75, 3.05) is 38.2 Å². The van der Waals surface area contributed by atoms with Crippen LogP contribution in [0.1, 0.15) is 5.56 Å². The van der Waals surface area contributed by atoms with Crippen LogP contribution in [-0.4, -0.2) is 44.1 Å². The normalized spacial score (nSPS) is 14.7. The molecule has 1 saturated heterocycles. The van der Waals surface area contributed by atoms with Crippen LogP contribution in [0.4, 0.5) is 10.1 Å². The molecular formula is C20H20BrFN2O2. The van der Waals surface area contributed by atoms with Gasteiger partial charge in [0.1, 0.15) is 11.6 Å². The number of carbonyl (C=O) groups excluding carboxylic acids is 1. The number of methoxy groups -OCH3 is 1. The number of anilines is 1. The van der Waals surface area contributed by atoms with Gasteiger partial charge in [-0.3, -0.25) is 4.79 Å². The fourth-order valence-corrected chi connectivity index (χ4v) is 3.28. The minimum Gasteiger partial charge on any atom is -0.497 e. The largest absolute Gasteiger partial charge is 0.497 e. The fourth-order valence-electron chi connectivity index (χ4n) is 2.90. The Morgan fingerprint density at radius 3 is 2.65 bits per heavy atom. The number of hydrogen-bond acceptors (Lipinski definition) is 3. The number of amides is 1. The van der Waals surface area contributed by atoms with Gasteiger partial charge in [-0.15, -0.1) is 0 Å². The number of nitrogens with zero attached hydrogens (tertiary/aromatic N) is 2. The van der Waals surface area contributed by atoms with Gasteiger partial charge in [0.25, 0.3) is 0 Å². The molecule has 1 aliphatic rings. The van der Waals surface area contributed by atoms with Crippen LogP contribution < -0.4 is 9.64 Å². The Morgan fingerprint density at radius 2 is 1.92 bits per heavy atom. The molecule has 1 aliphatic heterocycles. The summed E-state index contributed by atoms with van der Waals surface area (Å²) in [6.45, 7) is 2.75. The van der Waals surface area contributed by atoms with Gasteiger partial charge in [-0.1, -0.05) is 22.0 Å². The van der Waals surface area contributed by atoms with Crippen molar-refractivity contribution in [3.63, 3.8) is 0 Å². The zero-order valence-electron chi connectivity index (χ0n) is 14.5. The lowest BCUT2D eigenvalue weighted by Gasteiger charge is -2.35. The van der Waals surface area contributed by atoms with Crippen LogP contribution in [0.25, 0.3) is 6.08 Å². The molecule has 0 aromatic heterocycles. The quantitative estimate of drug-likeness (QED) is 0.704. The number of hydrogen-bond donors (Lipinski definition) is 0. The number of rotatable bonds is 4. The highest BCUT2D eigenvalue weighted by atomic mass is 79.9. The third-order valence-electron chi connectivity index (χ3n) is 4.37. The molecule has 26 heavy (non-hydrogen) atoms. The Morgan fingerprint density at radius 1 is 1.15 bits per heavy atom. The molecule has 1 amide bonds. The van der Waals surface area contributed by atoms with Crippen LogP contribution in [-0.2, 0) is 4.79 Å². The van der Waals surface area contributed by atoms with E-state index in [0.29, 0.717) is 18.7 Å². The second-order valence-corrected chi connectivity index (χ2v) is 6.93. The van der Waals surface area contributed by atoms with Crippen LogP contribution in [0.15, 0.2) is 53.0 Å². The van der Waals surface area contributed by atoms with E-state index in [1.807, 2.05) is 24.3 Å².